The number of H-pyrrole nitrogens is 1. The lowest BCUT2D eigenvalue weighted by Gasteiger charge is -2.37. The Hall–Kier alpha value is -1.66. The van der Waals surface area contributed by atoms with Crippen LogP contribution in [0.4, 0.5) is 0 Å². The van der Waals surface area contributed by atoms with Crippen molar-refractivity contribution in [2.75, 3.05) is 6.54 Å². The van der Waals surface area contributed by atoms with Gasteiger partial charge in [-0.05, 0) is 20.8 Å². The molecule has 2 aromatic rings. The number of hydrogen-bond donors (Lipinski definition) is 2. The first-order valence-electron chi connectivity index (χ1n) is 9.77. The molecule has 4 rings (SSSR count). The minimum absolute atomic E-state index is 0.106. The fourth-order valence-electron chi connectivity index (χ4n) is 4.28. The van der Waals surface area contributed by atoms with Gasteiger partial charge in [0.2, 0.25) is 0 Å². The predicted molar refractivity (Wildman–Crippen MR) is 103 cm³/mol. The van der Waals surface area contributed by atoms with Gasteiger partial charge in [0.1, 0.15) is 0 Å². The van der Waals surface area contributed by atoms with Crippen LogP contribution < -0.4 is 5.32 Å². The molecule has 0 saturated carbocycles. The standard InChI is InChI=1S/C20H32N6/c1-19(2,3)25-7-6-16-15(11-25)12-26(24-16)13-20(4,5)18-8-17-14(9-21-18)10-22-23-17/h10,12,18,21H,6-9,11,13H2,1-5H3,(H,22,23). The molecule has 2 aliphatic heterocycles. The van der Waals surface area contributed by atoms with Crippen molar-refractivity contribution in [1.29, 1.82) is 0 Å². The highest BCUT2D eigenvalue weighted by Crippen LogP contribution is 2.30. The van der Waals surface area contributed by atoms with Crippen molar-refractivity contribution in [3.05, 3.63) is 34.9 Å². The first-order chi connectivity index (χ1) is 12.2. The van der Waals surface area contributed by atoms with E-state index in [1.165, 1.54) is 22.5 Å². The molecule has 2 aromatic heterocycles. The molecule has 1 atom stereocenters. The minimum atomic E-state index is 0.106. The number of aromatic amines is 1. The summed E-state index contributed by atoms with van der Waals surface area (Å²) < 4.78 is 2.18. The van der Waals surface area contributed by atoms with E-state index in [0.717, 1.165) is 39.0 Å². The smallest absolute Gasteiger partial charge is 0.0682 e. The zero-order valence-electron chi connectivity index (χ0n) is 16.8. The van der Waals surface area contributed by atoms with Crippen LogP contribution in [0.15, 0.2) is 12.4 Å². The number of nitrogens with one attached hydrogen (secondary N) is 2. The van der Waals surface area contributed by atoms with E-state index in [9.17, 15) is 0 Å². The van der Waals surface area contributed by atoms with Gasteiger partial charge in [-0.2, -0.15) is 10.2 Å². The van der Waals surface area contributed by atoms with Crippen molar-refractivity contribution in [2.24, 2.45) is 5.41 Å². The molecular weight excluding hydrogens is 324 g/mol. The van der Waals surface area contributed by atoms with Crippen LogP contribution in [0, 0.1) is 5.41 Å². The van der Waals surface area contributed by atoms with Crippen LogP contribution in [0.2, 0.25) is 0 Å². The largest absolute Gasteiger partial charge is 0.309 e. The van der Waals surface area contributed by atoms with Crippen LogP contribution in [-0.4, -0.2) is 43.0 Å². The molecule has 6 nitrogen and oxygen atoms in total. The third-order valence-corrected chi connectivity index (χ3v) is 6.11. The Morgan fingerprint density at radius 1 is 1.15 bits per heavy atom. The summed E-state index contributed by atoms with van der Waals surface area (Å²) >= 11 is 0. The molecule has 2 aliphatic rings. The lowest BCUT2D eigenvalue weighted by atomic mass is 9.80. The van der Waals surface area contributed by atoms with E-state index < -0.39 is 0 Å². The summed E-state index contributed by atoms with van der Waals surface area (Å²) in [5.41, 5.74) is 5.51. The van der Waals surface area contributed by atoms with Crippen molar-refractivity contribution in [1.82, 2.24) is 30.2 Å². The van der Waals surface area contributed by atoms with Gasteiger partial charge < -0.3 is 5.32 Å². The Balaban J connectivity index is 1.47. The maximum atomic E-state index is 4.92. The van der Waals surface area contributed by atoms with Gasteiger partial charge in [-0.3, -0.25) is 14.7 Å². The lowest BCUT2D eigenvalue weighted by Crippen LogP contribution is -2.47. The van der Waals surface area contributed by atoms with Gasteiger partial charge in [-0.25, -0.2) is 0 Å². The number of hydrogen-bond acceptors (Lipinski definition) is 4. The molecule has 0 aromatic carbocycles. The monoisotopic (exact) mass is 356 g/mol. The number of nitrogens with zero attached hydrogens (tertiary/aromatic N) is 4. The number of aromatic nitrogens is 4. The van der Waals surface area contributed by atoms with Gasteiger partial charge in [0.15, 0.2) is 0 Å². The van der Waals surface area contributed by atoms with E-state index in [2.05, 4.69) is 65.9 Å². The van der Waals surface area contributed by atoms with Crippen LogP contribution >= 0.6 is 0 Å². The molecule has 0 bridgehead atoms. The van der Waals surface area contributed by atoms with Gasteiger partial charge >= 0.3 is 0 Å². The maximum Gasteiger partial charge on any atom is 0.0682 e. The van der Waals surface area contributed by atoms with Crippen molar-refractivity contribution in [3.63, 3.8) is 0 Å². The number of rotatable bonds is 3. The highest BCUT2D eigenvalue weighted by atomic mass is 15.3. The summed E-state index contributed by atoms with van der Waals surface area (Å²) in [7, 11) is 0. The molecule has 142 valence electrons. The summed E-state index contributed by atoms with van der Waals surface area (Å²) in [5.74, 6) is 0. The third-order valence-electron chi connectivity index (χ3n) is 6.11. The topological polar surface area (TPSA) is 61.8 Å². The molecule has 26 heavy (non-hydrogen) atoms. The Kier molecular flexibility index (Phi) is 4.23. The summed E-state index contributed by atoms with van der Waals surface area (Å²) in [6.45, 7) is 15.5. The summed E-state index contributed by atoms with van der Waals surface area (Å²) in [4.78, 5) is 2.55. The second-order valence-electron chi connectivity index (χ2n) is 9.62. The second-order valence-corrected chi connectivity index (χ2v) is 9.62. The fourth-order valence-corrected chi connectivity index (χ4v) is 4.28. The zero-order valence-corrected chi connectivity index (χ0v) is 16.8. The molecule has 6 heteroatoms. The van der Waals surface area contributed by atoms with E-state index in [0.29, 0.717) is 6.04 Å². The highest BCUT2D eigenvalue weighted by molar-refractivity contribution is 5.22. The van der Waals surface area contributed by atoms with E-state index in [4.69, 9.17) is 5.10 Å². The van der Waals surface area contributed by atoms with E-state index in [1.807, 2.05) is 6.20 Å². The van der Waals surface area contributed by atoms with E-state index in [1.54, 1.807) is 0 Å². The van der Waals surface area contributed by atoms with Crippen LogP contribution in [0.3, 0.4) is 0 Å². The van der Waals surface area contributed by atoms with Crippen LogP contribution in [0.25, 0.3) is 0 Å². The van der Waals surface area contributed by atoms with Gasteiger partial charge in [0.25, 0.3) is 0 Å². The van der Waals surface area contributed by atoms with E-state index >= 15 is 0 Å². The first kappa shape index (κ1) is 17.7. The van der Waals surface area contributed by atoms with E-state index in [-0.39, 0.29) is 11.0 Å². The molecule has 1 unspecified atom stereocenters. The van der Waals surface area contributed by atoms with Crippen LogP contribution in [-0.2, 0) is 32.5 Å². The average molecular weight is 357 g/mol. The average Bonchev–Trinajstić information content (AvgIpc) is 3.17. The molecule has 2 N–H and O–H groups in total. The molecule has 0 saturated heterocycles. The molecule has 4 heterocycles. The highest BCUT2D eigenvalue weighted by Gasteiger charge is 2.34. The van der Waals surface area contributed by atoms with Crippen LogP contribution in [0.5, 0.6) is 0 Å². The zero-order chi connectivity index (χ0) is 18.5. The summed E-state index contributed by atoms with van der Waals surface area (Å²) in [6, 6.07) is 0.408. The first-order valence-corrected chi connectivity index (χ1v) is 9.77. The molecule has 0 amide bonds. The second kappa shape index (κ2) is 6.20. The Bertz CT molecular complexity index is 779. The normalized spacial score (nSPS) is 21.5. The summed E-state index contributed by atoms with van der Waals surface area (Å²) in [5, 5.41) is 16.0. The molecule has 0 spiro atoms. The molecular formula is C20H32N6. The maximum absolute atomic E-state index is 4.92. The van der Waals surface area contributed by atoms with Crippen molar-refractivity contribution < 1.29 is 0 Å². The molecule has 0 radical (unpaired) electrons. The SMILES string of the molecule is CC(C)(Cn1cc2c(n1)CCN(C(C)(C)C)C2)C1Cc2n[nH]cc2CN1. The minimum Gasteiger partial charge on any atom is -0.309 e. The lowest BCUT2D eigenvalue weighted by molar-refractivity contribution is 0.120. The molecule has 0 aliphatic carbocycles. The van der Waals surface area contributed by atoms with Crippen molar-refractivity contribution in [2.45, 2.75) is 78.7 Å². The molecule has 0 fully saturated rings. The van der Waals surface area contributed by atoms with Gasteiger partial charge in [0.05, 0.1) is 11.4 Å². The quantitative estimate of drug-likeness (QED) is 0.887. The number of fused-ring (bicyclic) bond motifs is 2. The Morgan fingerprint density at radius 2 is 1.96 bits per heavy atom. The van der Waals surface area contributed by atoms with Gasteiger partial charge in [-0.1, -0.05) is 13.8 Å². The Labute approximate surface area is 156 Å². The summed E-state index contributed by atoms with van der Waals surface area (Å²) in [6.07, 6.45) is 6.31. The Morgan fingerprint density at radius 3 is 2.73 bits per heavy atom. The van der Waals surface area contributed by atoms with Crippen LogP contribution in [0.1, 0.15) is 57.1 Å². The van der Waals surface area contributed by atoms with Crippen molar-refractivity contribution >= 4 is 0 Å². The van der Waals surface area contributed by atoms with Gasteiger partial charge in [0, 0.05) is 79.5 Å². The predicted octanol–water partition coefficient (Wildman–Crippen LogP) is 2.50. The van der Waals surface area contributed by atoms with Crippen molar-refractivity contribution in [3.8, 4) is 0 Å². The van der Waals surface area contributed by atoms with Gasteiger partial charge in [-0.15, -0.1) is 0 Å². The fraction of sp³-hybridized carbons (Fsp3) is 0.700. The third kappa shape index (κ3) is 3.32.